The minimum absolute atomic E-state index is 0.00345. The number of hydrogen-bond donors (Lipinski definition) is 2. The van der Waals surface area contributed by atoms with Crippen LogP contribution < -0.4 is 10.0 Å². The fraction of sp³-hybridized carbons (Fsp3) is 0.0500. The average molecular weight is 440 g/mol. The van der Waals surface area contributed by atoms with Crippen LogP contribution in [0, 0.1) is 0 Å². The second-order valence-corrected chi connectivity index (χ2v) is 9.09. The maximum absolute atomic E-state index is 12.8. The summed E-state index contributed by atoms with van der Waals surface area (Å²) < 4.78 is 26.8. The summed E-state index contributed by atoms with van der Waals surface area (Å²) in [7, 11) is -3.42. The number of nitrogens with zero attached hydrogens (tertiary/aromatic N) is 3. The maximum Gasteiger partial charge on any atom is 0.295 e. The van der Waals surface area contributed by atoms with Crippen LogP contribution in [0.15, 0.2) is 72.1 Å². The number of nitrogens with one attached hydrogen (secondary N) is 2. The smallest absolute Gasteiger partial charge is 0.295 e. The van der Waals surface area contributed by atoms with E-state index in [9.17, 15) is 13.2 Å². The average Bonchev–Trinajstić information content (AvgIpc) is 3.37. The molecule has 152 valence electrons. The number of anilines is 2. The number of sulfonamides is 1. The second-order valence-electron chi connectivity index (χ2n) is 6.39. The predicted octanol–water partition coefficient (Wildman–Crippen LogP) is 3.62. The van der Waals surface area contributed by atoms with Gasteiger partial charge in [-0.3, -0.25) is 9.52 Å². The summed E-state index contributed by atoms with van der Waals surface area (Å²) in [5.74, 6) is 0.0663. The van der Waals surface area contributed by atoms with Gasteiger partial charge in [-0.2, -0.15) is 0 Å². The van der Waals surface area contributed by atoms with E-state index in [1.807, 2.05) is 47.8 Å². The Morgan fingerprint density at radius 3 is 2.47 bits per heavy atom. The highest BCUT2D eigenvalue weighted by atomic mass is 32.2. The Morgan fingerprint density at radius 2 is 1.77 bits per heavy atom. The zero-order valence-corrected chi connectivity index (χ0v) is 17.4. The summed E-state index contributed by atoms with van der Waals surface area (Å²) in [6, 6.07) is 19.7. The van der Waals surface area contributed by atoms with Crippen molar-refractivity contribution in [3.63, 3.8) is 0 Å². The first-order valence-electron chi connectivity index (χ1n) is 8.85. The summed E-state index contributed by atoms with van der Waals surface area (Å²) in [6.07, 6.45) is 1.06. The molecule has 0 atom stereocenters. The number of thiophene rings is 1. The molecule has 0 radical (unpaired) electrons. The van der Waals surface area contributed by atoms with Crippen molar-refractivity contribution >= 4 is 38.6 Å². The van der Waals surface area contributed by atoms with Crippen LogP contribution in [-0.4, -0.2) is 35.3 Å². The van der Waals surface area contributed by atoms with Gasteiger partial charge in [-0.25, -0.2) is 18.1 Å². The standard InChI is InChI=1S/C20H17N5O3S2/c1-30(27,28)24-15-8-5-7-14(13-15)21-20(26)18-22-19(17-11-6-12-29-17)25(23-18)16-9-3-2-4-10-16/h2-13,24H,1H3,(H,21,26). The molecule has 4 aromatic rings. The first-order chi connectivity index (χ1) is 14.4. The Balaban J connectivity index is 1.65. The third-order valence-corrected chi connectivity index (χ3v) is 5.45. The normalized spacial score (nSPS) is 11.2. The molecule has 30 heavy (non-hydrogen) atoms. The highest BCUT2D eigenvalue weighted by Crippen LogP contribution is 2.26. The van der Waals surface area contributed by atoms with Gasteiger partial charge in [0.05, 0.1) is 22.5 Å². The van der Waals surface area contributed by atoms with Gasteiger partial charge in [-0.05, 0) is 41.8 Å². The van der Waals surface area contributed by atoms with Crippen molar-refractivity contribution in [3.8, 4) is 16.4 Å². The van der Waals surface area contributed by atoms with Crippen molar-refractivity contribution in [2.24, 2.45) is 0 Å². The topological polar surface area (TPSA) is 106 Å². The number of para-hydroxylation sites is 1. The van der Waals surface area contributed by atoms with Crippen LogP contribution in [0.1, 0.15) is 10.6 Å². The van der Waals surface area contributed by atoms with Crippen molar-refractivity contribution < 1.29 is 13.2 Å². The van der Waals surface area contributed by atoms with Gasteiger partial charge in [-0.15, -0.1) is 16.4 Å². The van der Waals surface area contributed by atoms with Gasteiger partial charge in [0.15, 0.2) is 5.82 Å². The third kappa shape index (κ3) is 4.56. The summed E-state index contributed by atoms with van der Waals surface area (Å²) in [6.45, 7) is 0. The maximum atomic E-state index is 12.8. The van der Waals surface area contributed by atoms with E-state index in [2.05, 4.69) is 20.1 Å². The first-order valence-corrected chi connectivity index (χ1v) is 11.6. The molecule has 8 nitrogen and oxygen atoms in total. The van der Waals surface area contributed by atoms with Gasteiger partial charge in [0.25, 0.3) is 5.91 Å². The van der Waals surface area contributed by atoms with Crippen LogP contribution in [-0.2, 0) is 10.0 Å². The van der Waals surface area contributed by atoms with Gasteiger partial charge in [0.1, 0.15) is 0 Å². The monoisotopic (exact) mass is 439 g/mol. The summed E-state index contributed by atoms with van der Waals surface area (Å²) in [4.78, 5) is 18.1. The fourth-order valence-corrected chi connectivity index (χ4v) is 4.04. The molecule has 2 aromatic heterocycles. The zero-order chi connectivity index (χ0) is 21.1. The highest BCUT2D eigenvalue weighted by Gasteiger charge is 2.19. The Labute approximate surface area is 177 Å². The largest absolute Gasteiger partial charge is 0.319 e. The Bertz CT molecular complexity index is 1280. The van der Waals surface area contributed by atoms with Gasteiger partial charge in [-0.1, -0.05) is 30.3 Å². The van der Waals surface area contributed by atoms with E-state index in [0.29, 0.717) is 17.2 Å². The van der Waals surface area contributed by atoms with Gasteiger partial charge in [0, 0.05) is 5.69 Å². The van der Waals surface area contributed by atoms with E-state index in [4.69, 9.17) is 0 Å². The van der Waals surface area contributed by atoms with Crippen LogP contribution >= 0.6 is 11.3 Å². The van der Waals surface area contributed by atoms with E-state index < -0.39 is 15.9 Å². The number of carbonyl (C=O) groups excluding carboxylic acids is 1. The van der Waals surface area contributed by atoms with Crippen molar-refractivity contribution in [2.75, 3.05) is 16.3 Å². The van der Waals surface area contributed by atoms with Crippen LogP contribution in [0.5, 0.6) is 0 Å². The minimum Gasteiger partial charge on any atom is -0.319 e. The SMILES string of the molecule is CS(=O)(=O)Nc1cccc(NC(=O)c2nc(-c3cccs3)n(-c3ccccc3)n2)c1. The molecular formula is C20H17N5O3S2. The number of aromatic nitrogens is 3. The van der Waals surface area contributed by atoms with Crippen LogP contribution in [0.4, 0.5) is 11.4 Å². The predicted molar refractivity (Wildman–Crippen MR) is 118 cm³/mol. The van der Waals surface area contributed by atoms with Crippen LogP contribution in [0.3, 0.4) is 0 Å². The molecule has 0 fully saturated rings. The third-order valence-electron chi connectivity index (χ3n) is 3.98. The van der Waals surface area contributed by atoms with Crippen LogP contribution in [0.2, 0.25) is 0 Å². The molecule has 2 aromatic carbocycles. The number of amides is 1. The molecule has 1 amide bonds. The quantitative estimate of drug-likeness (QED) is 0.477. The lowest BCUT2D eigenvalue weighted by atomic mass is 10.3. The molecule has 0 unspecified atom stereocenters. The summed E-state index contributed by atoms with van der Waals surface area (Å²) >= 11 is 1.50. The van der Waals surface area contributed by atoms with E-state index in [1.54, 1.807) is 22.9 Å². The molecule has 0 aliphatic carbocycles. The first kappa shape index (κ1) is 19.8. The lowest BCUT2D eigenvalue weighted by molar-refractivity contribution is 0.101. The number of benzene rings is 2. The van der Waals surface area contributed by atoms with E-state index >= 15 is 0 Å². The molecule has 2 N–H and O–H groups in total. The Morgan fingerprint density at radius 1 is 1.00 bits per heavy atom. The molecule has 4 rings (SSSR count). The molecule has 2 heterocycles. The molecule has 0 aliphatic rings. The van der Waals surface area contributed by atoms with Crippen molar-refractivity contribution in [1.29, 1.82) is 0 Å². The number of rotatable bonds is 6. The number of hydrogen-bond acceptors (Lipinski definition) is 6. The Kier molecular flexibility index (Phi) is 5.34. The van der Waals surface area contributed by atoms with E-state index in [1.165, 1.54) is 17.4 Å². The van der Waals surface area contributed by atoms with Gasteiger partial charge >= 0.3 is 0 Å². The molecule has 10 heteroatoms. The molecule has 0 saturated carbocycles. The minimum atomic E-state index is -3.42. The van der Waals surface area contributed by atoms with Gasteiger partial charge in [0.2, 0.25) is 15.8 Å². The van der Waals surface area contributed by atoms with E-state index in [-0.39, 0.29) is 5.82 Å². The number of carbonyl (C=O) groups is 1. The highest BCUT2D eigenvalue weighted by molar-refractivity contribution is 7.92. The molecule has 0 aliphatic heterocycles. The lowest BCUT2D eigenvalue weighted by Gasteiger charge is -2.07. The van der Waals surface area contributed by atoms with Crippen molar-refractivity contribution in [3.05, 3.63) is 77.9 Å². The van der Waals surface area contributed by atoms with Crippen LogP contribution in [0.25, 0.3) is 16.4 Å². The molecular weight excluding hydrogens is 422 g/mol. The molecule has 0 spiro atoms. The van der Waals surface area contributed by atoms with E-state index in [0.717, 1.165) is 16.8 Å². The second kappa shape index (κ2) is 8.09. The molecule has 0 saturated heterocycles. The lowest BCUT2D eigenvalue weighted by Crippen LogP contribution is -2.15. The summed E-state index contributed by atoms with van der Waals surface area (Å²) in [5.41, 5.74) is 1.55. The van der Waals surface area contributed by atoms with Gasteiger partial charge < -0.3 is 5.32 Å². The zero-order valence-electron chi connectivity index (χ0n) is 15.8. The molecule has 0 bridgehead atoms. The van der Waals surface area contributed by atoms with Crippen molar-refractivity contribution in [2.45, 2.75) is 0 Å². The van der Waals surface area contributed by atoms with Crippen molar-refractivity contribution in [1.82, 2.24) is 14.8 Å². The Hall–Kier alpha value is -3.50. The fourth-order valence-electron chi connectivity index (χ4n) is 2.78. The summed E-state index contributed by atoms with van der Waals surface area (Å²) in [5, 5.41) is 9.05.